The van der Waals surface area contributed by atoms with Crippen LogP contribution in [-0.2, 0) is 0 Å². The molecular weight excluding hydrogens is 244 g/mol. The molecule has 0 aliphatic rings. The molecule has 0 amide bonds. The van der Waals surface area contributed by atoms with E-state index in [4.69, 9.17) is 4.74 Å². The number of methoxy groups -OCH3 is 1. The van der Waals surface area contributed by atoms with Gasteiger partial charge in [-0.15, -0.1) is 0 Å². The minimum absolute atomic E-state index is 0.614. The number of rotatable bonds is 3. The van der Waals surface area contributed by atoms with Crippen LogP contribution < -0.4 is 4.74 Å². The first kappa shape index (κ1) is 11.3. The highest BCUT2D eigenvalue weighted by Gasteiger charge is 2.09. The molecule has 0 aliphatic heterocycles. The zero-order valence-corrected chi connectivity index (χ0v) is 9.84. The van der Waals surface area contributed by atoms with Crippen LogP contribution in [0.25, 0.3) is 0 Å². The minimum atomic E-state index is -0.614. The predicted octanol–water partition coefficient (Wildman–Crippen LogP) is 3.07. The van der Waals surface area contributed by atoms with Crippen LogP contribution in [0, 0.1) is 0 Å². The van der Waals surface area contributed by atoms with Crippen LogP contribution in [-0.4, -0.2) is 12.2 Å². The number of ether oxygens (including phenoxy) is 1. The maximum atomic E-state index is 9.72. The molecule has 0 aromatic heterocycles. The van der Waals surface area contributed by atoms with Gasteiger partial charge in [-0.05, 0) is 46.1 Å². The fourth-order valence-electron chi connectivity index (χ4n) is 1.14. The van der Waals surface area contributed by atoms with Crippen molar-refractivity contribution in [1.29, 1.82) is 0 Å². The molecule has 1 aromatic carbocycles. The van der Waals surface area contributed by atoms with Crippen LogP contribution >= 0.6 is 15.9 Å². The highest BCUT2D eigenvalue weighted by Crippen LogP contribution is 2.29. The molecule has 3 heteroatoms. The van der Waals surface area contributed by atoms with Gasteiger partial charge in [-0.1, -0.05) is 12.6 Å². The van der Waals surface area contributed by atoms with E-state index in [2.05, 4.69) is 22.5 Å². The Labute approximate surface area is 92.3 Å². The molecule has 0 radical (unpaired) electrons. The maximum absolute atomic E-state index is 9.72. The summed E-state index contributed by atoms with van der Waals surface area (Å²) in [5.74, 6) is 0.752. The molecule has 0 heterocycles. The summed E-state index contributed by atoms with van der Waals surface area (Å²) >= 11 is 3.36. The fraction of sp³-hybridized carbons (Fsp3) is 0.273. The van der Waals surface area contributed by atoms with Gasteiger partial charge >= 0.3 is 0 Å². The summed E-state index contributed by atoms with van der Waals surface area (Å²) in [5, 5.41) is 9.72. The van der Waals surface area contributed by atoms with Gasteiger partial charge in [-0.2, -0.15) is 0 Å². The number of halogens is 1. The van der Waals surface area contributed by atoms with Crippen molar-refractivity contribution in [3.63, 3.8) is 0 Å². The molecule has 1 atom stereocenters. The SMILES string of the molecule is C=C(C)C(O)c1ccc(OC)c(Br)c1. The topological polar surface area (TPSA) is 29.5 Å². The molecule has 0 fully saturated rings. The van der Waals surface area contributed by atoms with Gasteiger partial charge in [-0.25, -0.2) is 0 Å². The van der Waals surface area contributed by atoms with E-state index in [1.807, 2.05) is 18.2 Å². The van der Waals surface area contributed by atoms with E-state index in [1.165, 1.54) is 0 Å². The summed E-state index contributed by atoms with van der Waals surface area (Å²) in [6, 6.07) is 5.46. The summed E-state index contributed by atoms with van der Waals surface area (Å²) in [4.78, 5) is 0. The number of benzene rings is 1. The smallest absolute Gasteiger partial charge is 0.133 e. The Morgan fingerprint density at radius 2 is 2.21 bits per heavy atom. The zero-order valence-electron chi connectivity index (χ0n) is 8.25. The first-order valence-corrected chi connectivity index (χ1v) is 5.02. The van der Waals surface area contributed by atoms with Gasteiger partial charge in [0.15, 0.2) is 0 Å². The Balaban J connectivity index is 3.02. The summed E-state index contributed by atoms with van der Waals surface area (Å²) in [6.45, 7) is 5.50. The third-order valence-corrected chi connectivity index (χ3v) is 2.58. The normalized spacial score (nSPS) is 12.3. The van der Waals surface area contributed by atoms with E-state index >= 15 is 0 Å². The van der Waals surface area contributed by atoms with Crippen molar-refractivity contribution in [1.82, 2.24) is 0 Å². The second kappa shape index (κ2) is 4.62. The van der Waals surface area contributed by atoms with Gasteiger partial charge in [-0.3, -0.25) is 0 Å². The lowest BCUT2D eigenvalue weighted by atomic mass is 10.0. The number of hydrogen-bond acceptors (Lipinski definition) is 2. The molecule has 1 N–H and O–H groups in total. The lowest BCUT2D eigenvalue weighted by molar-refractivity contribution is 0.216. The monoisotopic (exact) mass is 256 g/mol. The first-order chi connectivity index (χ1) is 6.56. The Bertz CT molecular complexity index is 347. The summed E-state index contributed by atoms with van der Waals surface area (Å²) in [5.41, 5.74) is 1.53. The van der Waals surface area contributed by atoms with Gasteiger partial charge in [0.1, 0.15) is 5.75 Å². The quantitative estimate of drug-likeness (QED) is 0.843. The largest absolute Gasteiger partial charge is 0.496 e. The van der Waals surface area contributed by atoms with Crippen LogP contribution in [0.3, 0.4) is 0 Å². The lowest BCUT2D eigenvalue weighted by Gasteiger charge is -2.12. The zero-order chi connectivity index (χ0) is 10.7. The van der Waals surface area contributed by atoms with E-state index in [0.29, 0.717) is 0 Å². The van der Waals surface area contributed by atoms with Crippen molar-refractivity contribution in [2.45, 2.75) is 13.0 Å². The van der Waals surface area contributed by atoms with Crippen LogP contribution in [0.15, 0.2) is 34.8 Å². The van der Waals surface area contributed by atoms with Gasteiger partial charge in [0, 0.05) is 0 Å². The third kappa shape index (κ3) is 2.36. The maximum Gasteiger partial charge on any atom is 0.133 e. The molecule has 2 nitrogen and oxygen atoms in total. The van der Waals surface area contributed by atoms with Crippen LogP contribution in [0.1, 0.15) is 18.6 Å². The van der Waals surface area contributed by atoms with Crippen LogP contribution in [0.2, 0.25) is 0 Å². The summed E-state index contributed by atoms with van der Waals surface area (Å²) < 4.78 is 5.92. The third-order valence-electron chi connectivity index (χ3n) is 1.96. The first-order valence-electron chi connectivity index (χ1n) is 4.23. The molecule has 1 aromatic rings. The number of aliphatic hydroxyl groups excluding tert-OH is 1. The van der Waals surface area contributed by atoms with Crippen molar-refractivity contribution < 1.29 is 9.84 Å². The van der Waals surface area contributed by atoms with Gasteiger partial charge < -0.3 is 9.84 Å². The lowest BCUT2D eigenvalue weighted by Crippen LogP contribution is -1.98. The molecular formula is C11H13BrO2. The molecule has 0 saturated heterocycles. The van der Waals surface area contributed by atoms with Crippen molar-refractivity contribution >= 4 is 15.9 Å². The van der Waals surface area contributed by atoms with E-state index in [1.54, 1.807) is 14.0 Å². The second-order valence-corrected chi connectivity index (χ2v) is 4.00. The van der Waals surface area contributed by atoms with Gasteiger partial charge in [0.2, 0.25) is 0 Å². The van der Waals surface area contributed by atoms with E-state index in [9.17, 15) is 5.11 Å². The van der Waals surface area contributed by atoms with E-state index < -0.39 is 6.10 Å². The fourth-order valence-corrected chi connectivity index (χ4v) is 1.70. The molecule has 0 saturated carbocycles. The Morgan fingerprint density at radius 3 is 2.64 bits per heavy atom. The Morgan fingerprint density at radius 1 is 1.57 bits per heavy atom. The standard InChI is InChI=1S/C11H13BrO2/c1-7(2)11(13)8-4-5-10(14-3)9(12)6-8/h4-6,11,13H,1H2,2-3H3. The molecule has 0 bridgehead atoms. The van der Waals surface area contributed by atoms with Crippen molar-refractivity contribution in [3.05, 3.63) is 40.4 Å². The number of hydrogen-bond donors (Lipinski definition) is 1. The predicted molar refractivity (Wildman–Crippen MR) is 60.5 cm³/mol. The van der Waals surface area contributed by atoms with Crippen molar-refractivity contribution in [2.24, 2.45) is 0 Å². The molecule has 1 unspecified atom stereocenters. The van der Waals surface area contributed by atoms with Gasteiger partial charge in [0.25, 0.3) is 0 Å². The molecule has 0 spiro atoms. The molecule has 76 valence electrons. The molecule has 0 aliphatic carbocycles. The van der Waals surface area contributed by atoms with Crippen LogP contribution in [0.5, 0.6) is 5.75 Å². The Hall–Kier alpha value is -0.800. The van der Waals surface area contributed by atoms with E-state index in [-0.39, 0.29) is 0 Å². The minimum Gasteiger partial charge on any atom is -0.496 e. The van der Waals surface area contributed by atoms with Gasteiger partial charge in [0.05, 0.1) is 17.7 Å². The highest BCUT2D eigenvalue weighted by molar-refractivity contribution is 9.10. The Kier molecular flexibility index (Phi) is 3.72. The number of aliphatic hydroxyl groups is 1. The van der Waals surface area contributed by atoms with E-state index in [0.717, 1.165) is 21.4 Å². The molecule has 14 heavy (non-hydrogen) atoms. The average molecular weight is 257 g/mol. The highest BCUT2D eigenvalue weighted by atomic mass is 79.9. The average Bonchev–Trinajstić information content (AvgIpc) is 2.16. The van der Waals surface area contributed by atoms with Crippen molar-refractivity contribution in [2.75, 3.05) is 7.11 Å². The summed E-state index contributed by atoms with van der Waals surface area (Å²) in [7, 11) is 1.61. The summed E-state index contributed by atoms with van der Waals surface area (Å²) in [6.07, 6.45) is -0.614. The van der Waals surface area contributed by atoms with Crippen LogP contribution in [0.4, 0.5) is 0 Å². The second-order valence-electron chi connectivity index (χ2n) is 3.14. The van der Waals surface area contributed by atoms with Crippen molar-refractivity contribution in [3.8, 4) is 5.75 Å². The molecule has 1 rings (SSSR count).